The Bertz CT molecular complexity index is 894. The molecular formula is C18H14ClFN2O3. The zero-order valence-electron chi connectivity index (χ0n) is 13.5. The van der Waals surface area contributed by atoms with Crippen LogP contribution in [0.5, 0.6) is 5.75 Å². The molecule has 25 heavy (non-hydrogen) atoms. The number of imide groups is 1. The van der Waals surface area contributed by atoms with Crippen molar-refractivity contribution in [1.29, 1.82) is 0 Å². The average molecular weight is 361 g/mol. The van der Waals surface area contributed by atoms with Crippen molar-refractivity contribution in [2.75, 3.05) is 19.5 Å². The van der Waals surface area contributed by atoms with E-state index in [4.69, 9.17) is 16.3 Å². The zero-order valence-corrected chi connectivity index (χ0v) is 14.2. The van der Waals surface area contributed by atoms with E-state index < -0.39 is 17.6 Å². The fourth-order valence-electron chi connectivity index (χ4n) is 2.55. The summed E-state index contributed by atoms with van der Waals surface area (Å²) in [5.74, 6) is -0.933. The first-order chi connectivity index (χ1) is 11.9. The van der Waals surface area contributed by atoms with Gasteiger partial charge in [-0.15, -0.1) is 0 Å². The topological polar surface area (TPSA) is 58.6 Å². The summed E-state index contributed by atoms with van der Waals surface area (Å²) >= 11 is 6.01. The molecule has 0 radical (unpaired) electrons. The van der Waals surface area contributed by atoms with Crippen LogP contribution in [0.4, 0.5) is 10.1 Å². The summed E-state index contributed by atoms with van der Waals surface area (Å²) in [4.78, 5) is 26.0. The second kappa shape index (κ2) is 6.57. The number of likely N-dealkylation sites (N-methyl/N-ethyl adjacent to an activating group) is 1. The molecule has 1 N–H and O–H groups in total. The van der Waals surface area contributed by atoms with Gasteiger partial charge in [0.2, 0.25) is 0 Å². The first-order valence-electron chi connectivity index (χ1n) is 7.35. The molecule has 3 rings (SSSR count). The van der Waals surface area contributed by atoms with Crippen molar-refractivity contribution in [3.05, 3.63) is 64.6 Å². The molecule has 0 atom stereocenters. The van der Waals surface area contributed by atoms with E-state index in [1.54, 1.807) is 18.2 Å². The highest BCUT2D eigenvalue weighted by Crippen LogP contribution is 2.34. The highest BCUT2D eigenvalue weighted by molar-refractivity contribution is 6.36. The molecule has 0 aliphatic carbocycles. The average Bonchev–Trinajstić information content (AvgIpc) is 2.80. The van der Waals surface area contributed by atoms with Crippen LogP contribution in [0, 0.1) is 5.82 Å². The molecule has 0 bridgehead atoms. The number of carbonyl (C=O) groups is 2. The Morgan fingerprint density at radius 1 is 1.08 bits per heavy atom. The molecule has 128 valence electrons. The predicted molar refractivity (Wildman–Crippen MR) is 92.7 cm³/mol. The monoisotopic (exact) mass is 360 g/mol. The second-order valence-electron chi connectivity index (χ2n) is 5.40. The molecule has 0 aromatic heterocycles. The third kappa shape index (κ3) is 3.08. The quantitative estimate of drug-likeness (QED) is 0.850. The van der Waals surface area contributed by atoms with Crippen LogP contribution >= 0.6 is 11.6 Å². The maximum atomic E-state index is 13.2. The third-order valence-corrected chi connectivity index (χ3v) is 4.08. The summed E-state index contributed by atoms with van der Waals surface area (Å²) in [6.45, 7) is 0. The molecule has 0 fully saturated rings. The van der Waals surface area contributed by atoms with Gasteiger partial charge in [-0.1, -0.05) is 23.7 Å². The molecule has 5 nitrogen and oxygen atoms in total. The molecule has 2 amide bonds. The van der Waals surface area contributed by atoms with Gasteiger partial charge >= 0.3 is 0 Å². The van der Waals surface area contributed by atoms with Gasteiger partial charge in [0.05, 0.1) is 18.4 Å². The van der Waals surface area contributed by atoms with Gasteiger partial charge in [0.25, 0.3) is 11.8 Å². The number of anilines is 1. The summed E-state index contributed by atoms with van der Waals surface area (Å²) < 4.78 is 18.4. The van der Waals surface area contributed by atoms with Crippen LogP contribution in [0.15, 0.2) is 48.2 Å². The van der Waals surface area contributed by atoms with Gasteiger partial charge in [0, 0.05) is 12.1 Å². The Balaban J connectivity index is 2.12. The van der Waals surface area contributed by atoms with E-state index in [1.807, 2.05) is 0 Å². The van der Waals surface area contributed by atoms with Gasteiger partial charge in [-0.05, 0) is 35.9 Å². The number of nitrogens with zero attached hydrogens (tertiary/aromatic N) is 1. The molecule has 2 aromatic rings. The van der Waals surface area contributed by atoms with Gasteiger partial charge in [0.1, 0.15) is 17.3 Å². The molecule has 1 aliphatic rings. The number of ether oxygens (including phenoxy) is 1. The smallest absolute Gasteiger partial charge is 0.277 e. The maximum Gasteiger partial charge on any atom is 0.277 e. The summed E-state index contributed by atoms with van der Waals surface area (Å²) in [7, 11) is 2.87. The lowest BCUT2D eigenvalue weighted by Gasteiger charge is -2.13. The van der Waals surface area contributed by atoms with Crippen molar-refractivity contribution in [2.24, 2.45) is 0 Å². The van der Waals surface area contributed by atoms with Crippen LogP contribution in [0.1, 0.15) is 5.56 Å². The molecule has 0 saturated carbocycles. The Morgan fingerprint density at radius 3 is 2.40 bits per heavy atom. The number of nitrogens with one attached hydrogen (secondary N) is 1. The first kappa shape index (κ1) is 17.0. The van der Waals surface area contributed by atoms with Crippen LogP contribution in [-0.2, 0) is 9.59 Å². The number of halogens is 2. The lowest BCUT2D eigenvalue weighted by atomic mass is 10.0. The number of benzene rings is 2. The first-order valence-corrected chi connectivity index (χ1v) is 7.73. The number of methoxy groups -OCH3 is 1. The lowest BCUT2D eigenvalue weighted by Crippen LogP contribution is -2.27. The van der Waals surface area contributed by atoms with Gasteiger partial charge in [-0.2, -0.15) is 0 Å². The fourth-order valence-corrected chi connectivity index (χ4v) is 2.73. The van der Waals surface area contributed by atoms with E-state index in [-0.39, 0.29) is 11.3 Å². The van der Waals surface area contributed by atoms with E-state index in [0.717, 1.165) is 4.90 Å². The summed E-state index contributed by atoms with van der Waals surface area (Å²) in [6.07, 6.45) is 0. The number of rotatable bonds is 4. The van der Waals surface area contributed by atoms with Crippen molar-refractivity contribution < 1.29 is 18.7 Å². The van der Waals surface area contributed by atoms with Gasteiger partial charge < -0.3 is 10.1 Å². The fraction of sp³-hybridized carbons (Fsp3) is 0.111. The predicted octanol–water partition coefficient (Wildman–Crippen LogP) is 3.31. The maximum absolute atomic E-state index is 13.2. The molecule has 0 unspecified atom stereocenters. The van der Waals surface area contributed by atoms with Gasteiger partial charge in [0.15, 0.2) is 0 Å². The van der Waals surface area contributed by atoms with Crippen molar-refractivity contribution in [3.63, 3.8) is 0 Å². The van der Waals surface area contributed by atoms with Crippen molar-refractivity contribution in [3.8, 4) is 5.75 Å². The Labute approximate surface area is 148 Å². The molecule has 7 heteroatoms. The third-order valence-electron chi connectivity index (χ3n) is 3.84. The van der Waals surface area contributed by atoms with E-state index >= 15 is 0 Å². The number of amides is 2. The molecule has 2 aromatic carbocycles. The van der Waals surface area contributed by atoms with Gasteiger partial charge in [-0.3, -0.25) is 14.5 Å². The van der Waals surface area contributed by atoms with Crippen LogP contribution in [0.3, 0.4) is 0 Å². The zero-order chi connectivity index (χ0) is 18.1. The Hall–Kier alpha value is -2.86. The lowest BCUT2D eigenvalue weighted by molar-refractivity contribution is -0.135. The minimum absolute atomic E-state index is 0.0830. The SMILES string of the molecule is COc1ccc(Cl)cc1NC1=C(c2ccc(F)cc2)C(=O)N(C)C1=O. The minimum Gasteiger partial charge on any atom is -0.495 e. The van der Waals surface area contributed by atoms with E-state index in [2.05, 4.69) is 5.32 Å². The standard InChI is InChI=1S/C18H14ClFN2O3/c1-22-17(23)15(10-3-6-12(20)7-4-10)16(18(22)24)21-13-9-11(19)5-8-14(13)25-2/h3-9,21H,1-2H3. The van der Waals surface area contributed by atoms with Crippen molar-refractivity contribution in [2.45, 2.75) is 0 Å². The normalized spacial score (nSPS) is 14.3. The van der Waals surface area contributed by atoms with Crippen LogP contribution in [0.25, 0.3) is 5.57 Å². The molecule has 0 spiro atoms. The number of hydrogen-bond acceptors (Lipinski definition) is 4. The molecular weight excluding hydrogens is 347 g/mol. The Kier molecular flexibility index (Phi) is 4.46. The second-order valence-corrected chi connectivity index (χ2v) is 5.83. The largest absolute Gasteiger partial charge is 0.495 e. The minimum atomic E-state index is -0.494. The molecule has 1 aliphatic heterocycles. The van der Waals surface area contributed by atoms with Crippen LogP contribution < -0.4 is 10.1 Å². The van der Waals surface area contributed by atoms with Gasteiger partial charge in [-0.25, -0.2) is 4.39 Å². The van der Waals surface area contributed by atoms with E-state index in [9.17, 15) is 14.0 Å². The highest BCUT2D eigenvalue weighted by Gasteiger charge is 2.37. The van der Waals surface area contributed by atoms with Crippen molar-refractivity contribution >= 4 is 34.7 Å². The summed E-state index contributed by atoms with van der Waals surface area (Å²) in [6, 6.07) is 10.2. The van der Waals surface area contributed by atoms with Crippen molar-refractivity contribution in [1.82, 2.24) is 4.90 Å². The summed E-state index contributed by atoms with van der Waals surface area (Å²) in [5.41, 5.74) is 1.13. The van der Waals surface area contributed by atoms with Crippen LogP contribution in [-0.4, -0.2) is 30.9 Å². The molecule has 1 heterocycles. The van der Waals surface area contributed by atoms with E-state index in [1.165, 1.54) is 38.4 Å². The van der Waals surface area contributed by atoms with E-state index in [0.29, 0.717) is 22.0 Å². The van der Waals surface area contributed by atoms with Crippen LogP contribution in [0.2, 0.25) is 5.02 Å². The highest BCUT2D eigenvalue weighted by atomic mass is 35.5. The number of hydrogen-bond donors (Lipinski definition) is 1. The molecule has 0 saturated heterocycles. The Morgan fingerprint density at radius 2 is 1.76 bits per heavy atom. The number of carbonyl (C=O) groups excluding carboxylic acids is 2. The summed E-state index contributed by atoms with van der Waals surface area (Å²) in [5, 5.41) is 3.38.